The Hall–Kier alpha value is -2.96. The maximum absolute atomic E-state index is 12.3. The van der Waals surface area contributed by atoms with E-state index in [9.17, 15) is 9.59 Å². The number of nitrogens with zero attached hydrogens (tertiary/aromatic N) is 3. The van der Waals surface area contributed by atoms with Gasteiger partial charge in [0.2, 0.25) is 0 Å². The van der Waals surface area contributed by atoms with Crippen LogP contribution in [0.3, 0.4) is 0 Å². The minimum absolute atomic E-state index is 0.0815. The van der Waals surface area contributed by atoms with Gasteiger partial charge in [-0.1, -0.05) is 16.9 Å². The summed E-state index contributed by atoms with van der Waals surface area (Å²) in [6.45, 7) is 1.99. The van der Waals surface area contributed by atoms with E-state index < -0.39 is 5.97 Å². The molecule has 7 nitrogen and oxygen atoms in total. The molecule has 1 heterocycles. The van der Waals surface area contributed by atoms with Crippen molar-refractivity contribution in [1.82, 2.24) is 15.0 Å². The first-order valence-electron chi connectivity index (χ1n) is 7.30. The largest absolute Gasteiger partial charge is 0.476 e. The van der Waals surface area contributed by atoms with E-state index in [1.165, 1.54) is 10.9 Å². The van der Waals surface area contributed by atoms with Gasteiger partial charge in [-0.25, -0.2) is 9.48 Å². The van der Waals surface area contributed by atoms with Gasteiger partial charge in [-0.3, -0.25) is 4.79 Å². The number of amides is 1. The van der Waals surface area contributed by atoms with Crippen LogP contribution in [0.2, 0.25) is 0 Å². The molecule has 3 rings (SSSR count). The molecule has 118 valence electrons. The second kappa shape index (κ2) is 6.04. The first-order valence-corrected chi connectivity index (χ1v) is 7.30. The molecule has 0 spiro atoms. The molecule has 0 fully saturated rings. The number of allylic oxidation sites excluding steroid dienone is 1. The van der Waals surface area contributed by atoms with Crippen LogP contribution in [0.1, 0.15) is 36.7 Å². The summed E-state index contributed by atoms with van der Waals surface area (Å²) in [7, 11) is 0. The Morgan fingerprint density at radius 1 is 1.30 bits per heavy atom. The van der Waals surface area contributed by atoms with Crippen molar-refractivity contribution in [1.29, 1.82) is 0 Å². The van der Waals surface area contributed by atoms with Crippen LogP contribution in [0.4, 0.5) is 5.69 Å². The van der Waals surface area contributed by atoms with Crippen molar-refractivity contribution in [3.8, 4) is 5.69 Å². The molecule has 0 atom stereocenters. The highest BCUT2D eigenvalue weighted by Crippen LogP contribution is 2.26. The van der Waals surface area contributed by atoms with Crippen molar-refractivity contribution < 1.29 is 14.7 Å². The maximum atomic E-state index is 12.3. The molecule has 23 heavy (non-hydrogen) atoms. The van der Waals surface area contributed by atoms with E-state index in [0.29, 0.717) is 11.4 Å². The van der Waals surface area contributed by atoms with Gasteiger partial charge in [0.1, 0.15) is 0 Å². The Labute approximate surface area is 132 Å². The number of benzene rings is 1. The molecule has 0 bridgehead atoms. The van der Waals surface area contributed by atoms with Crippen molar-refractivity contribution in [2.24, 2.45) is 0 Å². The Balaban J connectivity index is 1.81. The smallest absolute Gasteiger partial charge is 0.358 e. The Bertz CT molecular complexity index is 807. The number of carbonyl (C=O) groups excluding carboxylic acids is 1. The number of hydrogen-bond donors (Lipinski definition) is 2. The summed E-state index contributed by atoms with van der Waals surface area (Å²) in [5.74, 6) is -1.22. The van der Waals surface area contributed by atoms with Gasteiger partial charge in [-0.2, -0.15) is 0 Å². The summed E-state index contributed by atoms with van der Waals surface area (Å²) in [6, 6.07) is 7.03. The zero-order chi connectivity index (χ0) is 16.4. The topological polar surface area (TPSA) is 97.1 Å². The number of rotatable bonds is 4. The lowest BCUT2D eigenvalue weighted by Gasteiger charge is -2.08. The number of hydrogen-bond acceptors (Lipinski definition) is 4. The van der Waals surface area contributed by atoms with Crippen LogP contribution >= 0.6 is 0 Å². The van der Waals surface area contributed by atoms with E-state index in [1.54, 1.807) is 24.3 Å². The molecular weight excluding hydrogens is 296 g/mol. The predicted molar refractivity (Wildman–Crippen MR) is 83.5 cm³/mol. The monoisotopic (exact) mass is 312 g/mol. The maximum Gasteiger partial charge on any atom is 0.358 e. The van der Waals surface area contributed by atoms with E-state index in [1.807, 2.05) is 6.92 Å². The lowest BCUT2D eigenvalue weighted by atomic mass is 10.1. The average Bonchev–Trinajstić information content (AvgIpc) is 3.16. The highest BCUT2D eigenvalue weighted by molar-refractivity contribution is 6.04. The molecule has 0 aliphatic heterocycles. The zero-order valence-electron chi connectivity index (χ0n) is 12.6. The van der Waals surface area contributed by atoms with Crippen molar-refractivity contribution in [3.05, 3.63) is 47.3 Å². The van der Waals surface area contributed by atoms with Crippen molar-refractivity contribution >= 4 is 17.6 Å². The second-order valence-corrected chi connectivity index (χ2v) is 5.47. The SMILES string of the molecule is CC1=C(C(=O)Nc2cccc(-n3cc(C(=O)O)nn3)c2)CCC1. The fourth-order valence-electron chi connectivity index (χ4n) is 2.62. The van der Waals surface area contributed by atoms with Crippen molar-refractivity contribution in [2.75, 3.05) is 5.32 Å². The summed E-state index contributed by atoms with van der Waals surface area (Å²) >= 11 is 0. The fourth-order valence-corrected chi connectivity index (χ4v) is 2.62. The zero-order valence-corrected chi connectivity index (χ0v) is 12.6. The van der Waals surface area contributed by atoms with E-state index in [0.717, 1.165) is 30.4 Å². The third-order valence-corrected chi connectivity index (χ3v) is 3.85. The molecule has 1 aromatic carbocycles. The van der Waals surface area contributed by atoms with Gasteiger partial charge in [0.15, 0.2) is 5.69 Å². The molecule has 2 N–H and O–H groups in total. The number of carbonyl (C=O) groups is 2. The highest BCUT2D eigenvalue weighted by atomic mass is 16.4. The second-order valence-electron chi connectivity index (χ2n) is 5.47. The van der Waals surface area contributed by atoms with Crippen LogP contribution in [0.5, 0.6) is 0 Å². The lowest BCUT2D eigenvalue weighted by molar-refractivity contribution is -0.113. The number of aromatic carboxylic acids is 1. The first-order chi connectivity index (χ1) is 11.0. The molecule has 0 saturated heterocycles. The van der Waals surface area contributed by atoms with Gasteiger partial charge in [-0.15, -0.1) is 5.10 Å². The van der Waals surface area contributed by atoms with E-state index >= 15 is 0 Å². The van der Waals surface area contributed by atoms with Crippen LogP contribution in [0, 0.1) is 0 Å². The van der Waals surface area contributed by atoms with Gasteiger partial charge in [0.05, 0.1) is 11.9 Å². The molecule has 0 radical (unpaired) electrons. The molecule has 2 aromatic rings. The lowest BCUT2D eigenvalue weighted by Crippen LogP contribution is -2.14. The van der Waals surface area contributed by atoms with E-state index in [-0.39, 0.29) is 11.6 Å². The molecule has 1 aromatic heterocycles. The molecule has 0 saturated carbocycles. The molecule has 1 aliphatic carbocycles. The van der Waals surface area contributed by atoms with Gasteiger partial charge in [0.25, 0.3) is 5.91 Å². The first kappa shape index (κ1) is 15.0. The van der Waals surface area contributed by atoms with Gasteiger partial charge < -0.3 is 10.4 Å². The Kier molecular flexibility index (Phi) is 3.92. The number of carboxylic acids is 1. The van der Waals surface area contributed by atoms with Crippen LogP contribution < -0.4 is 5.32 Å². The third kappa shape index (κ3) is 3.13. The summed E-state index contributed by atoms with van der Waals surface area (Å²) in [5.41, 5.74) is 3.11. The van der Waals surface area contributed by atoms with Crippen molar-refractivity contribution in [3.63, 3.8) is 0 Å². The van der Waals surface area contributed by atoms with Gasteiger partial charge in [-0.05, 0) is 44.4 Å². The minimum atomic E-state index is -1.13. The molecule has 7 heteroatoms. The standard InChI is InChI=1S/C16H16N4O3/c1-10-4-2-7-13(10)15(21)17-11-5-3-6-12(8-11)20-9-14(16(22)23)18-19-20/h3,5-6,8-9H,2,4,7H2,1H3,(H,17,21)(H,22,23). The molecule has 1 aliphatic rings. The molecule has 1 amide bonds. The predicted octanol–water partition coefficient (Wildman–Crippen LogP) is 2.40. The molecular formula is C16H16N4O3. The quantitative estimate of drug-likeness (QED) is 0.903. The Morgan fingerprint density at radius 3 is 2.78 bits per heavy atom. The van der Waals surface area contributed by atoms with E-state index in [2.05, 4.69) is 15.6 Å². The third-order valence-electron chi connectivity index (χ3n) is 3.85. The van der Waals surface area contributed by atoms with Crippen molar-refractivity contribution in [2.45, 2.75) is 26.2 Å². The van der Waals surface area contributed by atoms with Crippen LogP contribution in [0.25, 0.3) is 5.69 Å². The summed E-state index contributed by atoms with van der Waals surface area (Å²) in [6.07, 6.45) is 4.13. The summed E-state index contributed by atoms with van der Waals surface area (Å²) in [4.78, 5) is 23.1. The minimum Gasteiger partial charge on any atom is -0.476 e. The van der Waals surface area contributed by atoms with Gasteiger partial charge >= 0.3 is 5.97 Å². The Morgan fingerprint density at radius 2 is 2.13 bits per heavy atom. The number of aromatic nitrogens is 3. The number of carboxylic acid groups (broad SMARTS) is 1. The summed E-state index contributed by atoms with van der Waals surface area (Å²) in [5, 5.41) is 19.1. The van der Waals surface area contributed by atoms with Crippen LogP contribution in [-0.4, -0.2) is 32.0 Å². The number of nitrogens with one attached hydrogen (secondary N) is 1. The summed E-state index contributed by atoms with van der Waals surface area (Å²) < 4.78 is 1.36. The van der Waals surface area contributed by atoms with Crippen LogP contribution in [0.15, 0.2) is 41.6 Å². The van der Waals surface area contributed by atoms with Gasteiger partial charge in [0, 0.05) is 11.3 Å². The number of anilines is 1. The fraction of sp³-hybridized carbons (Fsp3) is 0.250. The van der Waals surface area contributed by atoms with Crippen LogP contribution in [-0.2, 0) is 4.79 Å². The van der Waals surface area contributed by atoms with E-state index in [4.69, 9.17) is 5.11 Å². The average molecular weight is 312 g/mol. The molecule has 0 unspecified atom stereocenters. The highest BCUT2D eigenvalue weighted by Gasteiger charge is 2.18. The normalized spacial score (nSPS) is 14.1.